The molecule has 5 nitrogen and oxygen atoms in total. The average Bonchev–Trinajstić information content (AvgIpc) is 2.29. The molecule has 0 unspecified atom stereocenters. The van der Waals surface area contributed by atoms with Gasteiger partial charge in [-0.25, -0.2) is 14.8 Å². The van der Waals surface area contributed by atoms with E-state index in [4.69, 9.17) is 5.11 Å². The number of carbonyl (C=O) groups is 1. The predicted octanol–water partition coefficient (Wildman–Crippen LogP) is 1.55. The van der Waals surface area contributed by atoms with Crippen LogP contribution in [0.3, 0.4) is 0 Å². The highest BCUT2D eigenvalue weighted by Crippen LogP contribution is 2.12. The summed E-state index contributed by atoms with van der Waals surface area (Å²) in [5, 5.41) is 8.69. The number of hydrogen-bond acceptors (Lipinski definition) is 4. The summed E-state index contributed by atoms with van der Waals surface area (Å²) in [6.45, 7) is 1.94. The molecule has 0 aliphatic carbocycles. The quantitative estimate of drug-likeness (QED) is 0.822. The van der Waals surface area contributed by atoms with Crippen LogP contribution in [0.25, 0.3) is 11.5 Å². The van der Waals surface area contributed by atoms with Gasteiger partial charge in [0.1, 0.15) is 5.69 Å². The minimum atomic E-state index is -1.04. The van der Waals surface area contributed by atoms with Gasteiger partial charge in [-0.2, -0.15) is 0 Å². The Labute approximate surface area is 91.8 Å². The number of rotatable bonds is 2. The number of aromatic nitrogens is 3. The van der Waals surface area contributed by atoms with Crippen LogP contribution in [0.5, 0.6) is 0 Å². The number of carboxylic acids is 1. The second kappa shape index (κ2) is 4.06. The Balaban J connectivity index is 2.38. The van der Waals surface area contributed by atoms with Gasteiger partial charge in [0, 0.05) is 18.6 Å². The molecule has 2 heterocycles. The molecule has 0 radical (unpaired) electrons. The topological polar surface area (TPSA) is 76.0 Å². The second-order valence-corrected chi connectivity index (χ2v) is 3.32. The zero-order chi connectivity index (χ0) is 11.5. The van der Waals surface area contributed by atoms with Gasteiger partial charge >= 0.3 is 5.97 Å². The number of aryl methyl sites for hydroxylation is 1. The molecule has 0 saturated carbocycles. The van der Waals surface area contributed by atoms with Crippen LogP contribution in [-0.2, 0) is 0 Å². The smallest absolute Gasteiger partial charge is 0.338 e. The molecule has 0 aromatic carbocycles. The molecular weight excluding hydrogens is 206 g/mol. The van der Waals surface area contributed by atoms with E-state index in [-0.39, 0.29) is 5.56 Å². The maximum atomic E-state index is 10.6. The molecule has 0 aliphatic rings. The van der Waals surface area contributed by atoms with Crippen molar-refractivity contribution in [3.05, 3.63) is 41.9 Å². The van der Waals surface area contributed by atoms with E-state index in [1.165, 1.54) is 12.4 Å². The zero-order valence-electron chi connectivity index (χ0n) is 8.58. The van der Waals surface area contributed by atoms with E-state index in [1.54, 1.807) is 6.20 Å². The first-order chi connectivity index (χ1) is 7.66. The third kappa shape index (κ3) is 2.03. The van der Waals surface area contributed by atoms with Crippen LogP contribution in [0, 0.1) is 6.92 Å². The normalized spacial score (nSPS) is 10.1. The molecule has 0 amide bonds. The summed E-state index contributed by atoms with van der Waals surface area (Å²) < 4.78 is 0. The summed E-state index contributed by atoms with van der Waals surface area (Å²) in [4.78, 5) is 22.6. The molecular formula is C11H9N3O2. The van der Waals surface area contributed by atoms with Crippen molar-refractivity contribution in [2.75, 3.05) is 0 Å². The van der Waals surface area contributed by atoms with E-state index in [0.29, 0.717) is 11.5 Å². The van der Waals surface area contributed by atoms with Crippen molar-refractivity contribution in [1.82, 2.24) is 15.0 Å². The Kier molecular flexibility index (Phi) is 2.59. The van der Waals surface area contributed by atoms with Crippen LogP contribution < -0.4 is 0 Å². The lowest BCUT2D eigenvalue weighted by atomic mass is 10.2. The van der Waals surface area contributed by atoms with Crippen molar-refractivity contribution in [3.8, 4) is 11.5 Å². The minimum absolute atomic E-state index is 0.0661. The summed E-state index contributed by atoms with van der Waals surface area (Å²) in [5.74, 6) is -0.613. The molecule has 16 heavy (non-hydrogen) atoms. The van der Waals surface area contributed by atoms with Gasteiger partial charge in [0.15, 0.2) is 5.82 Å². The fraction of sp³-hybridized carbons (Fsp3) is 0.0909. The number of nitrogens with zero attached hydrogens (tertiary/aromatic N) is 3. The Bertz CT molecular complexity index is 523. The van der Waals surface area contributed by atoms with Gasteiger partial charge in [-0.3, -0.25) is 4.98 Å². The van der Waals surface area contributed by atoms with E-state index in [2.05, 4.69) is 15.0 Å². The molecule has 2 aromatic rings. The summed E-state index contributed by atoms with van der Waals surface area (Å²) >= 11 is 0. The number of pyridine rings is 1. The van der Waals surface area contributed by atoms with E-state index >= 15 is 0 Å². The first-order valence-corrected chi connectivity index (χ1v) is 4.65. The molecule has 0 atom stereocenters. The van der Waals surface area contributed by atoms with Crippen LogP contribution >= 0.6 is 0 Å². The first-order valence-electron chi connectivity index (χ1n) is 4.65. The van der Waals surface area contributed by atoms with Gasteiger partial charge in [-0.15, -0.1) is 0 Å². The lowest BCUT2D eigenvalue weighted by Gasteiger charge is -2.00. The fourth-order valence-electron chi connectivity index (χ4n) is 1.23. The van der Waals surface area contributed by atoms with Crippen LogP contribution in [0.1, 0.15) is 15.9 Å². The second-order valence-electron chi connectivity index (χ2n) is 3.32. The highest BCUT2D eigenvalue weighted by Gasteiger charge is 2.06. The van der Waals surface area contributed by atoms with Crippen LogP contribution in [0.15, 0.2) is 30.7 Å². The molecule has 0 saturated heterocycles. The lowest BCUT2D eigenvalue weighted by Crippen LogP contribution is -2.00. The zero-order valence-corrected chi connectivity index (χ0v) is 8.58. The number of hydrogen-bond donors (Lipinski definition) is 1. The molecule has 5 heteroatoms. The van der Waals surface area contributed by atoms with Crippen molar-refractivity contribution >= 4 is 5.97 Å². The van der Waals surface area contributed by atoms with Crippen LogP contribution in [0.4, 0.5) is 0 Å². The van der Waals surface area contributed by atoms with Gasteiger partial charge < -0.3 is 5.11 Å². The standard InChI is InChI=1S/C11H9N3O2/c1-7-2-3-12-9(4-7)10-13-5-8(6-14-10)11(15)16/h2-6H,1H3,(H,15,16). The Morgan fingerprint density at radius 3 is 2.50 bits per heavy atom. The third-order valence-electron chi connectivity index (χ3n) is 2.04. The van der Waals surface area contributed by atoms with Gasteiger partial charge in [-0.1, -0.05) is 0 Å². The summed E-state index contributed by atoms with van der Waals surface area (Å²) in [7, 11) is 0. The molecule has 0 bridgehead atoms. The largest absolute Gasteiger partial charge is 0.478 e. The molecule has 2 aromatic heterocycles. The van der Waals surface area contributed by atoms with Crippen LogP contribution in [-0.4, -0.2) is 26.0 Å². The maximum absolute atomic E-state index is 10.6. The summed E-state index contributed by atoms with van der Waals surface area (Å²) in [5.41, 5.74) is 1.75. The first kappa shape index (κ1) is 10.2. The number of carboxylic acid groups (broad SMARTS) is 1. The SMILES string of the molecule is Cc1ccnc(-c2ncc(C(=O)O)cn2)c1. The van der Waals surface area contributed by atoms with Crippen molar-refractivity contribution in [2.45, 2.75) is 6.92 Å². The van der Waals surface area contributed by atoms with Gasteiger partial charge in [0.2, 0.25) is 0 Å². The number of aromatic carboxylic acids is 1. The van der Waals surface area contributed by atoms with Crippen molar-refractivity contribution in [3.63, 3.8) is 0 Å². The fourth-order valence-corrected chi connectivity index (χ4v) is 1.23. The minimum Gasteiger partial charge on any atom is -0.478 e. The van der Waals surface area contributed by atoms with Crippen LogP contribution in [0.2, 0.25) is 0 Å². The molecule has 80 valence electrons. The molecule has 2 rings (SSSR count). The Morgan fingerprint density at radius 1 is 1.25 bits per heavy atom. The van der Waals surface area contributed by atoms with Gasteiger partial charge in [0.25, 0.3) is 0 Å². The maximum Gasteiger partial charge on any atom is 0.338 e. The average molecular weight is 215 g/mol. The Morgan fingerprint density at radius 2 is 1.94 bits per heavy atom. The molecule has 0 aliphatic heterocycles. The lowest BCUT2D eigenvalue weighted by molar-refractivity contribution is 0.0696. The predicted molar refractivity (Wildman–Crippen MR) is 57.0 cm³/mol. The summed E-state index contributed by atoms with van der Waals surface area (Å²) in [6.07, 6.45) is 4.21. The van der Waals surface area contributed by atoms with E-state index < -0.39 is 5.97 Å². The van der Waals surface area contributed by atoms with Gasteiger partial charge in [-0.05, 0) is 24.6 Å². The highest BCUT2D eigenvalue weighted by atomic mass is 16.4. The highest BCUT2D eigenvalue weighted by molar-refractivity contribution is 5.86. The van der Waals surface area contributed by atoms with Crippen molar-refractivity contribution in [1.29, 1.82) is 0 Å². The van der Waals surface area contributed by atoms with Crippen molar-refractivity contribution < 1.29 is 9.90 Å². The molecule has 0 spiro atoms. The molecule has 0 fully saturated rings. The van der Waals surface area contributed by atoms with E-state index in [9.17, 15) is 4.79 Å². The van der Waals surface area contributed by atoms with Crippen molar-refractivity contribution in [2.24, 2.45) is 0 Å². The third-order valence-corrected chi connectivity index (χ3v) is 2.04. The summed E-state index contributed by atoms with van der Waals surface area (Å²) in [6, 6.07) is 3.71. The van der Waals surface area contributed by atoms with E-state index in [1.807, 2.05) is 19.1 Å². The van der Waals surface area contributed by atoms with E-state index in [0.717, 1.165) is 5.56 Å². The monoisotopic (exact) mass is 215 g/mol. The van der Waals surface area contributed by atoms with Gasteiger partial charge in [0.05, 0.1) is 5.56 Å². The Hall–Kier alpha value is -2.30. The molecule has 1 N–H and O–H groups in total.